The van der Waals surface area contributed by atoms with Crippen LogP contribution in [0.1, 0.15) is 34.7 Å². The maximum atomic E-state index is 6.32. The fraction of sp³-hybridized carbons (Fsp3) is 0.185. The Labute approximate surface area is 210 Å². The highest BCUT2D eigenvalue weighted by atomic mass is 35.5. The molecule has 0 aliphatic carbocycles. The summed E-state index contributed by atoms with van der Waals surface area (Å²) in [7, 11) is 1.67. The molecule has 7 heteroatoms. The van der Waals surface area contributed by atoms with E-state index in [0.29, 0.717) is 10.1 Å². The molecule has 5 rings (SSSR count). The number of hydrogen-bond donors (Lipinski definition) is 1. The summed E-state index contributed by atoms with van der Waals surface area (Å²) in [6, 6.07) is 23.9. The molecule has 4 aromatic rings. The van der Waals surface area contributed by atoms with Crippen molar-refractivity contribution in [3.63, 3.8) is 0 Å². The molecule has 0 unspecified atom stereocenters. The van der Waals surface area contributed by atoms with Gasteiger partial charge in [-0.25, -0.2) is 0 Å². The third-order valence-corrected chi connectivity index (χ3v) is 6.83. The number of hydrogen-bond acceptors (Lipinski definition) is 3. The van der Waals surface area contributed by atoms with Crippen molar-refractivity contribution in [2.75, 3.05) is 12.0 Å². The molecule has 2 aromatic carbocycles. The van der Waals surface area contributed by atoms with Gasteiger partial charge in [-0.1, -0.05) is 29.8 Å². The van der Waals surface area contributed by atoms with Crippen LogP contribution in [0.15, 0.2) is 79.0 Å². The highest BCUT2D eigenvalue weighted by Crippen LogP contribution is 2.44. The number of thiocarbonyl (C=S) groups is 1. The largest absolute Gasteiger partial charge is 0.497 e. The monoisotopic (exact) mass is 488 g/mol. The van der Waals surface area contributed by atoms with Crippen molar-refractivity contribution in [3.8, 4) is 11.4 Å². The first-order valence-electron chi connectivity index (χ1n) is 11.1. The summed E-state index contributed by atoms with van der Waals surface area (Å²) >= 11 is 12.2. The number of aryl methyl sites for hydroxylation is 1. The molecule has 3 heterocycles. The van der Waals surface area contributed by atoms with Gasteiger partial charge in [0.25, 0.3) is 0 Å². The molecule has 5 nitrogen and oxygen atoms in total. The number of methoxy groups -OCH3 is 1. The molecule has 0 spiro atoms. The first-order valence-corrected chi connectivity index (χ1v) is 11.9. The van der Waals surface area contributed by atoms with Gasteiger partial charge in [-0.15, -0.1) is 0 Å². The summed E-state index contributed by atoms with van der Waals surface area (Å²) < 4.78 is 7.74. The molecule has 1 aliphatic rings. The van der Waals surface area contributed by atoms with Crippen LogP contribution in [0.2, 0.25) is 5.02 Å². The normalized spacial score (nSPS) is 17.6. The fourth-order valence-corrected chi connectivity index (χ4v) is 5.34. The first-order chi connectivity index (χ1) is 16.5. The lowest BCUT2D eigenvalue weighted by Gasteiger charge is -2.28. The van der Waals surface area contributed by atoms with Crippen molar-refractivity contribution in [2.45, 2.75) is 25.9 Å². The highest BCUT2D eigenvalue weighted by Gasteiger charge is 2.42. The van der Waals surface area contributed by atoms with E-state index >= 15 is 0 Å². The van der Waals surface area contributed by atoms with E-state index in [-0.39, 0.29) is 12.1 Å². The van der Waals surface area contributed by atoms with Crippen LogP contribution in [-0.4, -0.2) is 21.8 Å². The molecule has 0 saturated carbocycles. The molecule has 0 amide bonds. The van der Waals surface area contributed by atoms with Crippen molar-refractivity contribution in [2.24, 2.45) is 0 Å². The van der Waals surface area contributed by atoms with Gasteiger partial charge in [0.05, 0.1) is 24.9 Å². The maximum Gasteiger partial charge on any atom is 0.174 e. The second kappa shape index (κ2) is 9.12. The number of nitrogens with one attached hydrogen (secondary N) is 1. The van der Waals surface area contributed by atoms with Crippen molar-refractivity contribution < 1.29 is 4.74 Å². The third kappa shape index (κ3) is 3.93. The Kier molecular flexibility index (Phi) is 6.02. The van der Waals surface area contributed by atoms with E-state index in [0.717, 1.165) is 34.2 Å². The smallest absolute Gasteiger partial charge is 0.174 e. The molecule has 172 valence electrons. The summed E-state index contributed by atoms with van der Waals surface area (Å²) in [4.78, 5) is 6.83. The Bertz CT molecular complexity index is 1350. The van der Waals surface area contributed by atoms with E-state index in [2.05, 4.69) is 51.8 Å². The minimum absolute atomic E-state index is 0.103. The third-order valence-electron chi connectivity index (χ3n) is 6.28. The summed E-state index contributed by atoms with van der Waals surface area (Å²) in [5, 5.41) is 4.90. The molecule has 1 saturated heterocycles. The van der Waals surface area contributed by atoms with Gasteiger partial charge in [0.15, 0.2) is 5.11 Å². The van der Waals surface area contributed by atoms with Crippen LogP contribution in [0.4, 0.5) is 5.69 Å². The average molecular weight is 489 g/mol. The zero-order valence-electron chi connectivity index (χ0n) is 19.2. The number of nitrogens with zero attached hydrogens (tertiary/aromatic N) is 3. The number of rotatable bonds is 5. The van der Waals surface area contributed by atoms with Gasteiger partial charge in [-0.05, 0) is 80.2 Å². The average Bonchev–Trinajstić information content (AvgIpc) is 3.34. The van der Waals surface area contributed by atoms with E-state index in [9.17, 15) is 0 Å². The summed E-state index contributed by atoms with van der Waals surface area (Å²) in [5.74, 6) is 0.782. The van der Waals surface area contributed by atoms with Crippen molar-refractivity contribution in [3.05, 3.63) is 107 Å². The Morgan fingerprint density at radius 2 is 1.76 bits per heavy atom. The number of pyridine rings is 1. The molecule has 2 atom stereocenters. The molecule has 34 heavy (non-hydrogen) atoms. The second-order valence-corrected chi connectivity index (χ2v) is 9.16. The van der Waals surface area contributed by atoms with Gasteiger partial charge < -0.3 is 19.5 Å². The molecule has 0 radical (unpaired) electrons. The predicted octanol–water partition coefficient (Wildman–Crippen LogP) is 6.33. The maximum absolute atomic E-state index is 6.32. The zero-order chi connectivity index (χ0) is 23.8. The van der Waals surface area contributed by atoms with Gasteiger partial charge in [-0.2, -0.15) is 0 Å². The van der Waals surface area contributed by atoms with E-state index in [1.54, 1.807) is 7.11 Å². The Morgan fingerprint density at radius 3 is 2.50 bits per heavy atom. The Hall–Kier alpha value is -3.35. The Morgan fingerprint density at radius 1 is 0.971 bits per heavy atom. The van der Waals surface area contributed by atoms with Gasteiger partial charge >= 0.3 is 0 Å². The van der Waals surface area contributed by atoms with Gasteiger partial charge in [0, 0.05) is 40.0 Å². The van der Waals surface area contributed by atoms with Crippen LogP contribution in [0.5, 0.6) is 5.75 Å². The van der Waals surface area contributed by atoms with Crippen LogP contribution in [0.3, 0.4) is 0 Å². The zero-order valence-corrected chi connectivity index (χ0v) is 20.8. The van der Waals surface area contributed by atoms with E-state index in [4.69, 9.17) is 28.6 Å². The van der Waals surface area contributed by atoms with Crippen molar-refractivity contribution >= 4 is 34.6 Å². The Balaban J connectivity index is 1.69. The number of aromatic nitrogens is 2. The lowest BCUT2D eigenvalue weighted by atomic mass is 9.96. The first kappa shape index (κ1) is 22.4. The predicted molar refractivity (Wildman–Crippen MR) is 141 cm³/mol. The molecule has 1 aliphatic heterocycles. The highest BCUT2D eigenvalue weighted by molar-refractivity contribution is 7.80. The number of anilines is 1. The van der Waals surface area contributed by atoms with E-state index < -0.39 is 0 Å². The molecule has 0 bridgehead atoms. The lowest BCUT2D eigenvalue weighted by Crippen LogP contribution is -2.29. The molecule has 2 aromatic heterocycles. The number of halogens is 1. The quantitative estimate of drug-likeness (QED) is 0.332. The topological polar surface area (TPSA) is 42.3 Å². The van der Waals surface area contributed by atoms with E-state index in [1.807, 2.05) is 60.8 Å². The van der Waals surface area contributed by atoms with Crippen LogP contribution in [0, 0.1) is 13.8 Å². The minimum Gasteiger partial charge on any atom is -0.497 e. The fourth-order valence-electron chi connectivity index (χ4n) is 4.81. The van der Waals surface area contributed by atoms with Crippen molar-refractivity contribution in [1.29, 1.82) is 0 Å². The summed E-state index contributed by atoms with van der Waals surface area (Å²) in [6.07, 6.45) is 1.82. The van der Waals surface area contributed by atoms with Crippen LogP contribution in [0.25, 0.3) is 5.69 Å². The lowest BCUT2D eigenvalue weighted by molar-refractivity contribution is 0.415. The summed E-state index contributed by atoms with van der Waals surface area (Å²) in [6.45, 7) is 4.26. The van der Waals surface area contributed by atoms with E-state index in [1.165, 1.54) is 5.56 Å². The molecule has 1 N–H and O–H groups in total. The molecular formula is C27H25ClN4OS. The SMILES string of the molecule is COc1cccc(N2C(=S)N[C@H](c3ccccn3)[C@H]2c2cc(C)n(-c3cccc(Cl)c3)c2C)c1. The summed E-state index contributed by atoms with van der Waals surface area (Å²) in [5.41, 5.74) is 6.36. The number of ether oxygens (including phenoxy) is 1. The van der Waals surface area contributed by atoms with Crippen LogP contribution >= 0.6 is 23.8 Å². The molecular weight excluding hydrogens is 464 g/mol. The van der Waals surface area contributed by atoms with Gasteiger partial charge in [0.1, 0.15) is 5.75 Å². The van der Waals surface area contributed by atoms with Gasteiger partial charge in [-0.3, -0.25) is 4.98 Å². The number of benzene rings is 2. The minimum atomic E-state index is -0.117. The second-order valence-electron chi connectivity index (χ2n) is 8.34. The van der Waals surface area contributed by atoms with Crippen LogP contribution in [-0.2, 0) is 0 Å². The molecule has 1 fully saturated rings. The van der Waals surface area contributed by atoms with Crippen molar-refractivity contribution in [1.82, 2.24) is 14.9 Å². The van der Waals surface area contributed by atoms with Crippen LogP contribution < -0.4 is 15.0 Å². The van der Waals surface area contributed by atoms with Gasteiger partial charge in [0.2, 0.25) is 0 Å². The standard InChI is InChI=1S/C27H25ClN4OS/c1-17-14-23(18(2)31(17)20-9-6-8-19(28)15-20)26-25(24-12-4-5-13-29-24)30-27(34)32(26)21-10-7-11-22(16-21)33-3/h4-16,25-26H,1-3H3,(H,30,34)/t25-,26-/m1/s1.